The maximum absolute atomic E-state index is 10.7. The average Bonchev–Trinajstić information content (AvgIpc) is 2.61. The lowest BCUT2D eigenvalue weighted by molar-refractivity contribution is 0.310. The van der Waals surface area contributed by atoms with Gasteiger partial charge < -0.3 is 0 Å². The quantitative estimate of drug-likeness (QED) is 0.507. The molecule has 3 rings (SSSR count). The highest BCUT2D eigenvalue weighted by molar-refractivity contribution is 6.08. The first-order chi connectivity index (χ1) is 10.8. The Morgan fingerprint density at radius 2 is 1.45 bits per heavy atom. The minimum atomic E-state index is 0.308. The highest BCUT2D eigenvalue weighted by atomic mass is 16.5. The molecule has 0 aliphatic heterocycles. The summed E-state index contributed by atoms with van der Waals surface area (Å²) in [5.41, 5.74) is 1.68. The normalized spacial score (nSPS) is 16.5. The molecule has 2 aromatic carbocycles. The van der Waals surface area contributed by atoms with E-state index < -0.39 is 0 Å². The van der Waals surface area contributed by atoms with Gasteiger partial charge >= 0.3 is 0 Å². The topological polar surface area (TPSA) is 35.8 Å². The summed E-state index contributed by atoms with van der Waals surface area (Å²) in [4.78, 5) is 4.87. The van der Waals surface area contributed by atoms with Crippen molar-refractivity contribution in [2.45, 2.75) is 38.1 Å². The van der Waals surface area contributed by atoms with Gasteiger partial charge in [-0.1, -0.05) is 67.8 Å². The van der Waals surface area contributed by atoms with Crippen LogP contribution in [0.5, 0.6) is 0 Å². The van der Waals surface area contributed by atoms with Crippen LogP contribution in [0.4, 0.5) is 5.69 Å². The number of benzene rings is 2. The maximum Gasteiger partial charge on any atom is 0.160 e. The molecule has 1 N–H and O–H groups in total. The molecule has 0 saturated heterocycles. The summed E-state index contributed by atoms with van der Waals surface area (Å²) in [6, 6.07) is 19.8. The fourth-order valence-corrected chi connectivity index (χ4v) is 2.91. The number of para-hydroxylation sites is 1. The smallest absolute Gasteiger partial charge is 0.160 e. The predicted molar refractivity (Wildman–Crippen MR) is 90.6 cm³/mol. The van der Waals surface area contributed by atoms with Crippen molar-refractivity contribution in [3.05, 3.63) is 66.2 Å². The number of hydrogen-bond donors (Lipinski definition) is 1. The van der Waals surface area contributed by atoms with Gasteiger partial charge in [0.1, 0.15) is 0 Å². The monoisotopic (exact) mass is 294 g/mol. The average molecular weight is 294 g/mol. The minimum Gasteiger partial charge on any atom is -0.282 e. The van der Waals surface area contributed by atoms with Gasteiger partial charge in [-0.05, 0) is 25.0 Å². The first-order valence-corrected chi connectivity index (χ1v) is 8.02. The number of amidine groups is 1. The van der Waals surface area contributed by atoms with Crippen LogP contribution < -0.4 is 5.06 Å². The number of hydrogen-bond acceptors (Lipinski definition) is 2. The second kappa shape index (κ2) is 7.23. The van der Waals surface area contributed by atoms with Crippen LogP contribution >= 0.6 is 0 Å². The summed E-state index contributed by atoms with van der Waals surface area (Å²) >= 11 is 0. The van der Waals surface area contributed by atoms with E-state index in [1.807, 2.05) is 60.7 Å². The molecule has 0 heterocycles. The van der Waals surface area contributed by atoms with Gasteiger partial charge in [0, 0.05) is 5.56 Å². The Bertz CT molecular complexity index is 604. The van der Waals surface area contributed by atoms with Crippen LogP contribution in [0.25, 0.3) is 0 Å². The van der Waals surface area contributed by atoms with Crippen LogP contribution in [-0.4, -0.2) is 17.1 Å². The van der Waals surface area contributed by atoms with Crippen LogP contribution in [0, 0.1) is 0 Å². The zero-order valence-electron chi connectivity index (χ0n) is 12.7. The molecule has 1 fully saturated rings. The summed E-state index contributed by atoms with van der Waals surface area (Å²) in [5, 5.41) is 11.9. The number of aliphatic imine (C=N–C) groups is 1. The number of nitrogens with zero attached hydrogens (tertiary/aromatic N) is 2. The largest absolute Gasteiger partial charge is 0.282 e. The Morgan fingerprint density at radius 3 is 2.09 bits per heavy atom. The lowest BCUT2D eigenvalue weighted by atomic mass is 9.96. The summed E-state index contributed by atoms with van der Waals surface area (Å²) in [7, 11) is 0. The molecule has 1 saturated carbocycles. The van der Waals surface area contributed by atoms with E-state index >= 15 is 0 Å². The van der Waals surface area contributed by atoms with Crippen molar-refractivity contribution in [2.75, 3.05) is 5.06 Å². The van der Waals surface area contributed by atoms with Crippen LogP contribution in [0.1, 0.15) is 37.7 Å². The van der Waals surface area contributed by atoms with Crippen molar-refractivity contribution < 1.29 is 5.21 Å². The molecular formula is C19H22N2O. The van der Waals surface area contributed by atoms with Gasteiger partial charge in [-0.25, -0.2) is 5.06 Å². The molecule has 22 heavy (non-hydrogen) atoms. The number of hydroxylamine groups is 1. The molecule has 3 nitrogen and oxygen atoms in total. The van der Waals surface area contributed by atoms with Gasteiger partial charge in [0.25, 0.3) is 0 Å². The Kier molecular flexibility index (Phi) is 4.86. The van der Waals surface area contributed by atoms with Crippen LogP contribution in [-0.2, 0) is 0 Å². The fraction of sp³-hybridized carbons (Fsp3) is 0.316. The Hall–Kier alpha value is -2.13. The first kappa shape index (κ1) is 14.8. The third-order valence-electron chi connectivity index (χ3n) is 4.11. The van der Waals surface area contributed by atoms with E-state index in [0.29, 0.717) is 11.9 Å². The summed E-state index contributed by atoms with van der Waals surface area (Å²) in [5.74, 6) is 0.638. The molecule has 114 valence electrons. The van der Waals surface area contributed by atoms with Gasteiger partial charge in [0.15, 0.2) is 5.84 Å². The van der Waals surface area contributed by atoms with Gasteiger partial charge in [-0.15, -0.1) is 0 Å². The molecule has 3 heteroatoms. The molecule has 0 radical (unpaired) electrons. The Labute approximate surface area is 131 Å². The van der Waals surface area contributed by atoms with E-state index in [2.05, 4.69) is 0 Å². The van der Waals surface area contributed by atoms with Crippen molar-refractivity contribution in [2.24, 2.45) is 4.99 Å². The zero-order valence-corrected chi connectivity index (χ0v) is 12.7. The summed E-state index contributed by atoms with van der Waals surface area (Å²) < 4.78 is 0. The summed E-state index contributed by atoms with van der Waals surface area (Å²) in [6.07, 6.45) is 5.98. The first-order valence-electron chi connectivity index (χ1n) is 8.02. The van der Waals surface area contributed by atoms with E-state index in [1.165, 1.54) is 24.3 Å². The SMILES string of the molecule is ON(C(=NC1CCCCC1)c1ccccc1)c1ccccc1. The third-order valence-corrected chi connectivity index (χ3v) is 4.11. The van der Waals surface area contributed by atoms with E-state index in [-0.39, 0.29) is 0 Å². The molecular weight excluding hydrogens is 272 g/mol. The second-order valence-corrected chi connectivity index (χ2v) is 5.76. The third kappa shape index (κ3) is 3.55. The van der Waals surface area contributed by atoms with Crippen molar-refractivity contribution >= 4 is 11.5 Å². The standard InChI is InChI=1S/C19H22N2O/c22-21(18-14-8-3-9-15-18)19(16-10-4-1-5-11-16)20-17-12-6-2-7-13-17/h1,3-5,8-11,14-15,17,22H,2,6-7,12-13H2. The van der Waals surface area contributed by atoms with Gasteiger partial charge in [-0.2, -0.15) is 0 Å². The van der Waals surface area contributed by atoms with E-state index in [1.54, 1.807) is 0 Å². The van der Waals surface area contributed by atoms with Crippen molar-refractivity contribution in [3.63, 3.8) is 0 Å². The van der Waals surface area contributed by atoms with Crippen LogP contribution in [0.3, 0.4) is 0 Å². The molecule has 0 unspecified atom stereocenters. The van der Waals surface area contributed by atoms with E-state index in [9.17, 15) is 5.21 Å². The van der Waals surface area contributed by atoms with Crippen molar-refractivity contribution in [3.8, 4) is 0 Å². The van der Waals surface area contributed by atoms with Gasteiger partial charge in [0.2, 0.25) is 0 Å². The van der Waals surface area contributed by atoms with Gasteiger partial charge in [-0.3, -0.25) is 10.2 Å². The van der Waals surface area contributed by atoms with Gasteiger partial charge in [0.05, 0.1) is 11.7 Å². The number of rotatable bonds is 3. The lowest BCUT2D eigenvalue weighted by Crippen LogP contribution is -2.30. The molecule has 0 spiro atoms. The molecule has 0 atom stereocenters. The summed E-state index contributed by atoms with van der Waals surface area (Å²) in [6.45, 7) is 0. The molecule has 1 aliphatic rings. The lowest BCUT2D eigenvalue weighted by Gasteiger charge is -2.24. The molecule has 0 amide bonds. The Balaban J connectivity index is 1.94. The number of anilines is 1. The molecule has 0 bridgehead atoms. The highest BCUT2D eigenvalue weighted by Gasteiger charge is 2.18. The zero-order chi connectivity index (χ0) is 15.2. The second-order valence-electron chi connectivity index (χ2n) is 5.76. The van der Waals surface area contributed by atoms with Crippen molar-refractivity contribution in [1.82, 2.24) is 0 Å². The fourth-order valence-electron chi connectivity index (χ4n) is 2.91. The van der Waals surface area contributed by atoms with Crippen LogP contribution in [0.15, 0.2) is 65.7 Å². The van der Waals surface area contributed by atoms with E-state index in [0.717, 1.165) is 24.1 Å². The maximum atomic E-state index is 10.7. The van der Waals surface area contributed by atoms with E-state index in [4.69, 9.17) is 4.99 Å². The van der Waals surface area contributed by atoms with Crippen molar-refractivity contribution in [1.29, 1.82) is 0 Å². The molecule has 2 aromatic rings. The minimum absolute atomic E-state index is 0.308. The predicted octanol–water partition coefficient (Wildman–Crippen LogP) is 4.66. The molecule has 1 aliphatic carbocycles. The Morgan fingerprint density at radius 1 is 0.864 bits per heavy atom. The molecule has 0 aromatic heterocycles. The highest BCUT2D eigenvalue weighted by Crippen LogP contribution is 2.23. The van der Waals surface area contributed by atoms with Crippen LogP contribution in [0.2, 0.25) is 0 Å².